The number of nitrogens with one attached hydrogen (secondary N) is 1. The first-order chi connectivity index (χ1) is 10.3. The number of ether oxygens (including phenoxy) is 1. The Balaban J connectivity index is 1.72. The van der Waals surface area contributed by atoms with Crippen LogP contribution in [0.1, 0.15) is 12.0 Å². The molecule has 0 atom stereocenters. The third kappa shape index (κ3) is 3.16. The van der Waals surface area contributed by atoms with Crippen LogP contribution in [0.5, 0.6) is 0 Å². The first kappa shape index (κ1) is 14.3. The van der Waals surface area contributed by atoms with Crippen LogP contribution in [-0.4, -0.2) is 47.3 Å². The van der Waals surface area contributed by atoms with Crippen LogP contribution in [0, 0.1) is 16.1 Å². The molecule has 0 spiro atoms. The molecule has 1 aromatic carbocycles. The molecule has 3 rings (SSSR count). The van der Waals surface area contributed by atoms with Crippen molar-refractivity contribution in [2.75, 3.05) is 32.8 Å². The first-order valence-corrected chi connectivity index (χ1v) is 7.61. The second kappa shape index (κ2) is 6.39. The molecule has 0 unspecified atom stereocenters. The summed E-state index contributed by atoms with van der Waals surface area (Å²) in [5.41, 5.74) is 2.67. The molecule has 0 saturated carbocycles. The quantitative estimate of drug-likeness (QED) is 0.881. The third-order valence-electron chi connectivity index (χ3n) is 3.86. The van der Waals surface area contributed by atoms with Gasteiger partial charge >= 0.3 is 0 Å². The minimum Gasteiger partial charge on any atom is -0.379 e. The molecule has 1 fully saturated rings. The largest absolute Gasteiger partial charge is 0.379 e. The Hall–Kier alpha value is -1.68. The van der Waals surface area contributed by atoms with Gasteiger partial charge in [0.05, 0.1) is 35.9 Å². The van der Waals surface area contributed by atoms with E-state index in [0.717, 1.165) is 61.6 Å². The first-order valence-electron chi connectivity index (χ1n) is 7.21. The van der Waals surface area contributed by atoms with Gasteiger partial charge in [-0.2, -0.15) is 5.26 Å². The van der Waals surface area contributed by atoms with Crippen LogP contribution in [-0.2, 0) is 11.3 Å². The smallest absolute Gasteiger partial charge is 0.178 e. The average molecular weight is 302 g/mol. The number of H-pyrrole nitrogens is 1. The van der Waals surface area contributed by atoms with Gasteiger partial charge in [-0.05, 0) is 36.8 Å². The topological polar surface area (TPSA) is 57.0 Å². The molecule has 1 aliphatic heterocycles. The maximum absolute atomic E-state index is 9.03. The van der Waals surface area contributed by atoms with E-state index in [1.165, 1.54) is 0 Å². The normalized spacial score (nSPS) is 16.1. The van der Waals surface area contributed by atoms with Gasteiger partial charge in [0.15, 0.2) is 4.77 Å². The van der Waals surface area contributed by atoms with Crippen LogP contribution < -0.4 is 0 Å². The number of fused-ring (bicyclic) bond motifs is 1. The zero-order valence-corrected chi connectivity index (χ0v) is 12.7. The number of hydrogen-bond donors (Lipinski definition) is 1. The van der Waals surface area contributed by atoms with E-state index in [1.807, 2.05) is 18.2 Å². The van der Waals surface area contributed by atoms with E-state index in [4.69, 9.17) is 22.2 Å². The number of benzene rings is 1. The highest BCUT2D eigenvalue weighted by molar-refractivity contribution is 7.71. The zero-order chi connectivity index (χ0) is 14.7. The number of nitrogens with zero attached hydrogens (tertiary/aromatic N) is 3. The van der Waals surface area contributed by atoms with Crippen molar-refractivity contribution in [3.05, 3.63) is 28.5 Å². The van der Waals surface area contributed by atoms with Gasteiger partial charge in [-0.3, -0.25) is 4.90 Å². The molecule has 0 radical (unpaired) electrons. The molecule has 1 aromatic heterocycles. The number of rotatable bonds is 4. The fraction of sp³-hybridized carbons (Fsp3) is 0.467. The summed E-state index contributed by atoms with van der Waals surface area (Å²) in [6.07, 6.45) is 1.04. The highest BCUT2D eigenvalue weighted by Gasteiger charge is 2.10. The van der Waals surface area contributed by atoms with E-state index in [2.05, 4.69) is 20.5 Å². The summed E-state index contributed by atoms with van der Waals surface area (Å²) in [5.74, 6) is 0. The molecule has 0 aliphatic carbocycles. The number of aromatic amines is 1. The Labute approximate surface area is 128 Å². The van der Waals surface area contributed by atoms with E-state index >= 15 is 0 Å². The van der Waals surface area contributed by atoms with Crippen molar-refractivity contribution in [2.45, 2.75) is 13.0 Å². The molecule has 6 heteroatoms. The lowest BCUT2D eigenvalue weighted by atomic mass is 10.2. The Morgan fingerprint density at radius 1 is 1.29 bits per heavy atom. The minimum absolute atomic E-state index is 0.665. The molecular weight excluding hydrogens is 284 g/mol. The zero-order valence-electron chi connectivity index (χ0n) is 11.8. The minimum atomic E-state index is 0.665. The van der Waals surface area contributed by atoms with Gasteiger partial charge in [-0.1, -0.05) is 0 Å². The van der Waals surface area contributed by atoms with Gasteiger partial charge in [-0.25, -0.2) is 0 Å². The van der Waals surface area contributed by atoms with Crippen LogP contribution in [0.3, 0.4) is 0 Å². The summed E-state index contributed by atoms with van der Waals surface area (Å²) >= 11 is 5.39. The molecular formula is C15H18N4OS. The van der Waals surface area contributed by atoms with Gasteiger partial charge in [0.25, 0.3) is 0 Å². The summed E-state index contributed by atoms with van der Waals surface area (Å²) in [5, 5.41) is 9.03. The number of morpholine rings is 1. The molecule has 0 amide bonds. The Bertz CT molecular complexity index is 721. The number of imidazole rings is 1. The molecule has 1 saturated heterocycles. The second-order valence-corrected chi connectivity index (χ2v) is 5.62. The van der Waals surface area contributed by atoms with E-state index in [-0.39, 0.29) is 0 Å². The van der Waals surface area contributed by atoms with Crippen LogP contribution in [0.15, 0.2) is 18.2 Å². The predicted molar refractivity (Wildman–Crippen MR) is 83.7 cm³/mol. The van der Waals surface area contributed by atoms with Gasteiger partial charge in [0.2, 0.25) is 0 Å². The highest BCUT2D eigenvalue weighted by Crippen LogP contribution is 2.16. The Kier molecular flexibility index (Phi) is 4.34. The van der Waals surface area contributed by atoms with Crippen molar-refractivity contribution < 1.29 is 4.74 Å². The van der Waals surface area contributed by atoms with Crippen molar-refractivity contribution in [3.63, 3.8) is 0 Å². The van der Waals surface area contributed by atoms with Crippen LogP contribution in [0.4, 0.5) is 0 Å². The molecule has 2 aromatic rings. The summed E-state index contributed by atoms with van der Waals surface area (Å²) < 4.78 is 8.17. The lowest BCUT2D eigenvalue weighted by Crippen LogP contribution is -2.37. The van der Waals surface area contributed by atoms with Gasteiger partial charge < -0.3 is 14.3 Å². The van der Waals surface area contributed by atoms with Crippen molar-refractivity contribution >= 4 is 23.3 Å². The van der Waals surface area contributed by atoms with Gasteiger partial charge in [0, 0.05) is 26.2 Å². The summed E-state index contributed by atoms with van der Waals surface area (Å²) in [7, 11) is 0. The second-order valence-electron chi connectivity index (χ2n) is 5.23. The number of aryl methyl sites for hydroxylation is 1. The molecule has 1 aliphatic rings. The number of nitriles is 1. The van der Waals surface area contributed by atoms with Crippen LogP contribution in [0.2, 0.25) is 0 Å². The van der Waals surface area contributed by atoms with Crippen LogP contribution >= 0.6 is 12.2 Å². The maximum Gasteiger partial charge on any atom is 0.178 e. The molecule has 2 heterocycles. The standard InChI is InChI=1S/C15H18N4OS/c16-11-12-2-3-13-14(10-12)19(15(21)17-13)5-1-4-18-6-8-20-9-7-18/h2-3,10H,1,4-9H2,(H,17,21). The molecule has 21 heavy (non-hydrogen) atoms. The van der Waals surface area contributed by atoms with Gasteiger partial charge in [-0.15, -0.1) is 0 Å². The van der Waals surface area contributed by atoms with E-state index in [0.29, 0.717) is 5.56 Å². The Morgan fingerprint density at radius 3 is 2.86 bits per heavy atom. The highest BCUT2D eigenvalue weighted by atomic mass is 32.1. The average Bonchev–Trinajstić information content (AvgIpc) is 2.83. The molecule has 110 valence electrons. The van der Waals surface area contributed by atoms with Crippen molar-refractivity contribution in [2.24, 2.45) is 0 Å². The molecule has 0 bridgehead atoms. The SMILES string of the molecule is N#Cc1ccc2[nH]c(=S)n(CCCN3CCOCC3)c2c1. The van der Waals surface area contributed by atoms with E-state index in [9.17, 15) is 0 Å². The summed E-state index contributed by atoms with van der Waals surface area (Å²) in [6.45, 7) is 5.60. The number of aromatic nitrogens is 2. The van der Waals surface area contributed by atoms with Crippen molar-refractivity contribution in [3.8, 4) is 6.07 Å². The van der Waals surface area contributed by atoms with Crippen molar-refractivity contribution in [1.82, 2.24) is 14.5 Å². The van der Waals surface area contributed by atoms with E-state index in [1.54, 1.807) is 0 Å². The van der Waals surface area contributed by atoms with E-state index < -0.39 is 0 Å². The Morgan fingerprint density at radius 2 is 2.10 bits per heavy atom. The fourth-order valence-electron chi connectivity index (χ4n) is 2.72. The lowest BCUT2D eigenvalue weighted by molar-refractivity contribution is 0.0369. The maximum atomic E-state index is 9.03. The monoisotopic (exact) mass is 302 g/mol. The molecule has 5 nitrogen and oxygen atoms in total. The third-order valence-corrected chi connectivity index (χ3v) is 4.19. The molecule has 1 N–H and O–H groups in total. The predicted octanol–water partition coefficient (Wildman–Crippen LogP) is 2.29. The number of hydrogen-bond acceptors (Lipinski definition) is 4. The summed E-state index contributed by atoms with van der Waals surface area (Å²) in [6, 6.07) is 7.81. The fourth-order valence-corrected chi connectivity index (χ4v) is 3.02. The van der Waals surface area contributed by atoms with Gasteiger partial charge in [0.1, 0.15) is 0 Å². The van der Waals surface area contributed by atoms with Crippen LogP contribution in [0.25, 0.3) is 11.0 Å². The van der Waals surface area contributed by atoms with Crippen molar-refractivity contribution in [1.29, 1.82) is 5.26 Å². The lowest BCUT2D eigenvalue weighted by Gasteiger charge is -2.26. The summed E-state index contributed by atoms with van der Waals surface area (Å²) in [4.78, 5) is 5.62.